The first-order valence-electron chi connectivity index (χ1n) is 32.5. The first-order chi connectivity index (χ1) is 41.6. The molecule has 0 aliphatic carbocycles. The number of ether oxygens (including phenoxy) is 5. The van der Waals surface area contributed by atoms with E-state index in [4.69, 9.17) is 32.5 Å². The summed E-state index contributed by atoms with van der Waals surface area (Å²) in [6, 6.07) is 30.4. The van der Waals surface area contributed by atoms with Crippen LogP contribution in [0.3, 0.4) is 0 Å². The molecule has 0 amide bonds. The van der Waals surface area contributed by atoms with Crippen LogP contribution in [0.2, 0.25) is 48.9 Å². The molecule has 4 aromatic carbocycles. The number of carboxylic acids is 1. The van der Waals surface area contributed by atoms with E-state index in [9.17, 15) is 24.9 Å². The van der Waals surface area contributed by atoms with Crippen molar-refractivity contribution in [3.05, 3.63) is 166 Å². The number of carbonyl (C=O) groups excluding carboxylic acids is 1. The van der Waals surface area contributed by atoms with Crippen molar-refractivity contribution in [2.75, 3.05) is 6.61 Å². The molecule has 2 saturated heterocycles. The van der Waals surface area contributed by atoms with E-state index in [1.54, 1.807) is 45.9 Å². The maximum Gasteiger partial charge on any atom is 0.338 e. The number of aromatic carboxylic acids is 1. The summed E-state index contributed by atoms with van der Waals surface area (Å²) in [6.07, 6.45) is 13.3. The number of hydrogen-bond donors (Lipinski definition) is 3. The van der Waals surface area contributed by atoms with Crippen LogP contribution in [0, 0.1) is 39.5 Å². The third-order valence-electron chi connectivity index (χ3n) is 17.7. The summed E-state index contributed by atoms with van der Waals surface area (Å²) in [5.74, 6) is -2.88. The molecule has 2 heterocycles. The summed E-state index contributed by atoms with van der Waals surface area (Å²) in [5, 5.41) is 32.2. The van der Waals surface area contributed by atoms with Gasteiger partial charge < -0.3 is 47.9 Å². The van der Waals surface area contributed by atoms with Gasteiger partial charge in [0.15, 0.2) is 19.9 Å². The van der Waals surface area contributed by atoms with Crippen molar-refractivity contribution in [2.45, 2.75) is 262 Å². The Labute approximate surface area is 559 Å². The number of hydrogen-bond acceptors (Lipinski definition) is 11. The number of aliphatic hydroxyl groups excluding tert-OH is 2. The van der Waals surface area contributed by atoms with E-state index >= 15 is 0 Å². The van der Waals surface area contributed by atoms with Crippen LogP contribution >= 0.6 is 0 Å². The highest BCUT2D eigenvalue weighted by Gasteiger charge is 2.52. The minimum atomic E-state index is -2.76. The molecule has 0 saturated carbocycles. The van der Waals surface area contributed by atoms with Crippen LogP contribution in [-0.2, 0) is 32.5 Å². The standard InChI is InChI=1S/C51H78O6Si3.C24H34O6.2CH4/c1-37-35-39(3)46(48(52)53-33-34-58(13,14)15)41(36-37)25-24-30-44-47(55-51(11,12)54-44)45(57-59(16,17)49(5,6)7)32-31-38(2)40(4)56-60(50(8,9)10,42-26-20-18-21-27-42)43-28-22-19-23-29-43;1-14-12-16(3)21(23(27)28)18(13-14)8-7-9-20-22(30-24(5,6)29-20)19(26)11-10-15(2)17(4)25;;/h18-29,31-32,35-36,38,40,44-45,47H,30,33-34H2,1-17H3;7-8,10-13,15,17,19-20,22,25-26H,9H2,1-6H3,(H,27,28);2*1H4/b25-24+,32-31-;8-7+,11-10-;;/t38-,40+,44+,45?,47+;15-,17+,19?,20+,22-;;/m11../s1. The molecule has 6 rings (SSSR count). The van der Waals surface area contributed by atoms with Crippen LogP contribution in [0.1, 0.15) is 179 Å². The lowest BCUT2D eigenvalue weighted by atomic mass is 9.97. The molecule has 3 N–H and O–H groups in total. The minimum absolute atomic E-state index is 0. The monoisotopic (exact) mass is 1320 g/mol. The predicted molar refractivity (Wildman–Crippen MR) is 390 cm³/mol. The van der Waals surface area contributed by atoms with Gasteiger partial charge in [-0.3, -0.25) is 0 Å². The van der Waals surface area contributed by atoms with Crippen molar-refractivity contribution in [3.63, 3.8) is 0 Å². The van der Waals surface area contributed by atoms with Gasteiger partial charge in [-0.2, -0.15) is 0 Å². The van der Waals surface area contributed by atoms with Crippen molar-refractivity contribution in [2.24, 2.45) is 11.8 Å². The van der Waals surface area contributed by atoms with E-state index in [1.807, 2.05) is 58.9 Å². The summed E-state index contributed by atoms with van der Waals surface area (Å²) in [4.78, 5) is 25.1. The van der Waals surface area contributed by atoms with Crippen molar-refractivity contribution < 1.29 is 57.4 Å². The van der Waals surface area contributed by atoms with Crippen molar-refractivity contribution >= 4 is 59.2 Å². The Morgan fingerprint density at radius 1 is 0.598 bits per heavy atom. The molecule has 10 atom stereocenters. The zero-order chi connectivity index (χ0) is 67.5. The molecule has 0 spiro atoms. The fourth-order valence-electron chi connectivity index (χ4n) is 11.5. The number of benzene rings is 4. The average Bonchev–Trinajstić information content (AvgIpc) is 1.01. The molecule has 2 unspecified atom stereocenters. The highest BCUT2D eigenvalue weighted by molar-refractivity contribution is 6.99. The molecule has 4 aromatic rings. The fraction of sp³-hybridized carbons (Fsp3) is 0.558. The quantitative estimate of drug-likeness (QED) is 0.0328. The lowest BCUT2D eigenvalue weighted by Crippen LogP contribution is -2.67. The smallest absolute Gasteiger partial charge is 0.338 e. The number of aryl methyl sites for hydroxylation is 4. The lowest BCUT2D eigenvalue weighted by Gasteiger charge is -2.45. The number of carbonyl (C=O) groups is 2. The molecule has 15 heteroatoms. The van der Waals surface area contributed by atoms with Gasteiger partial charge >= 0.3 is 11.9 Å². The van der Waals surface area contributed by atoms with Gasteiger partial charge in [-0.25, -0.2) is 9.59 Å². The number of carboxylic acid groups (broad SMARTS) is 1. The van der Waals surface area contributed by atoms with Crippen LogP contribution in [0.5, 0.6) is 0 Å². The van der Waals surface area contributed by atoms with Gasteiger partial charge in [-0.05, 0) is 156 Å². The molecule has 92 heavy (non-hydrogen) atoms. The Hall–Kier alpha value is -4.89. The fourth-order valence-corrected chi connectivity index (χ4v) is 18.2. The van der Waals surface area contributed by atoms with E-state index < -0.39 is 66.7 Å². The van der Waals surface area contributed by atoms with E-state index in [1.165, 1.54) is 10.4 Å². The summed E-state index contributed by atoms with van der Waals surface area (Å²) >= 11 is 0. The minimum Gasteiger partial charge on any atom is -0.478 e. The maximum absolute atomic E-state index is 13.5. The van der Waals surface area contributed by atoms with Crippen molar-refractivity contribution in [1.82, 2.24) is 0 Å². The SMILES string of the molecule is C.C.Cc1cc(C)c(C(=O)O)c(/C=C/C[C@@H]2OC(C)(C)O[C@@H]2C(O)/C=C\[C@@H](C)[C@H](C)O)c1.Cc1cc(C)c(C(=O)OCC[Si](C)(C)C)c(/C=C/C[C@@H]2OC(C)(C)O[C@@H]2C(/C=C\[C@@H](C)[C@H](C)O[Si](c2ccccc2)(c2ccccc2)C(C)(C)C)O[Si](C)(C)C(C)(C)C)c1. The molecule has 12 nitrogen and oxygen atoms in total. The van der Waals surface area contributed by atoms with Gasteiger partial charge in [-0.15, -0.1) is 0 Å². The molecule has 2 aliphatic rings. The maximum atomic E-state index is 13.5. The van der Waals surface area contributed by atoms with E-state index in [0.29, 0.717) is 30.6 Å². The molecule has 512 valence electrons. The van der Waals surface area contributed by atoms with Gasteiger partial charge in [0.1, 0.15) is 18.3 Å². The van der Waals surface area contributed by atoms with Gasteiger partial charge in [0, 0.05) is 14.2 Å². The van der Waals surface area contributed by atoms with Crippen molar-refractivity contribution in [1.29, 1.82) is 0 Å². The zero-order valence-corrected chi connectivity index (χ0v) is 61.8. The molecule has 2 fully saturated rings. The highest BCUT2D eigenvalue weighted by atomic mass is 28.4. The Balaban J connectivity index is 0.000000580. The van der Waals surface area contributed by atoms with Crippen LogP contribution in [0.4, 0.5) is 0 Å². The van der Waals surface area contributed by atoms with E-state index in [2.05, 4.69) is 186 Å². The Morgan fingerprint density at radius 3 is 1.49 bits per heavy atom. The Bertz CT molecular complexity index is 3070. The second kappa shape index (κ2) is 33.7. The number of aliphatic hydroxyl groups is 2. The second-order valence-electron chi connectivity index (χ2n) is 29.9. The van der Waals surface area contributed by atoms with Crippen LogP contribution in [-0.4, -0.2) is 119 Å². The van der Waals surface area contributed by atoms with Crippen LogP contribution in [0.25, 0.3) is 12.2 Å². The molecule has 0 aromatic heterocycles. The first kappa shape index (κ1) is 81.3. The van der Waals surface area contributed by atoms with Crippen LogP contribution in [0.15, 0.2) is 121 Å². The first-order valence-corrected chi connectivity index (χ1v) is 41.0. The number of rotatable bonds is 25. The van der Waals surface area contributed by atoms with Crippen LogP contribution < -0.4 is 10.4 Å². The third-order valence-corrected chi connectivity index (χ3v) is 29.0. The molecule has 2 aliphatic heterocycles. The van der Waals surface area contributed by atoms with Gasteiger partial charge in [-0.1, -0.05) is 235 Å². The van der Waals surface area contributed by atoms with Gasteiger partial charge in [0.25, 0.3) is 8.32 Å². The summed E-state index contributed by atoms with van der Waals surface area (Å²) < 4.78 is 46.0. The van der Waals surface area contributed by atoms with E-state index in [0.717, 1.165) is 33.9 Å². The van der Waals surface area contributed by atoms with Gasteiger partial charge in [0.2, 0.25) is 0 Å². The summed E-state index contributed by atoms with van der Waals surface area (Å²) in [6.45, 7) is 49.1. The summed E-state index contributed by atoms with van der Waals surface area (Å²) in [7, 11) is -6.39. The number of esters is 1. The third kappa shape index (κ3) is 22.4. The highest BCUT2D eigenvalue weighted by Crippen LogP contribution is 2.42. The molecular formula is C77H120O12Si3. The van der Waals surface area contributed by atoms with Gasteiger partial charge in [0.05, 0.1) is 42.1 Å². The van der Waals surface area contributed by atoms with Crippen molar-refractivity contribution in [3.8, 4) is 0 Å². The Kier molecular flexibility index (Phi) is 29.8. The normalized spacial score (nSPS) is 20.7. The lowest BCUT2D eigenvalue weighted by molar-refractivity contribution is -0.152. The van der Waals surface area contributed by atoms with E-state index in [-0.39, 0.29) is 72.7 Å². The zero-order valence-electron chi connectivity index (χ0n) is 58.8. The average molecular weight is 1320 g/mol. The summed E-state index contributed by atoms with van der Waals surface area (Å²) in [5.41, 5.74) is 6.13. The topological polar surface area (TPSA) is 159 Å². The molecular weight excluding hydrogens is 1200 g/mol. The molecule has 0 bridgehead atoms. The molecule has 0 radical (unpaired) electrons. The Morgan fingerprint density at radius 2 is 1.04 bits per heavy atom. The predicted octanol–water partition coefficient (Wildman–Crippen LogP) is 17.4. The largest absolute Gasteiger partial charge is 0.478 e. The second-order valence-corrected chi connectivity index (χ2v) is 44.6.